The Bertz CT molecular complexity index is 1100. The highest BCUT2D eigenvalue weighted by molar-refractivity contribution is 5.85. The van der Waals surface area contributed by atoms with Crippen LogP contribution in [0.1, 0.15) is 28.1 Å². The van der Waals surface area contributed by atoms with Crippen LogP contribution in [0, 0.1) is 27.7 Å². The molecule has 0 amide bonds. The molecule has 4 rings (SSSR count). The van der Waals surface area contributed by atoms with Crippen LogP contribution in [0.2, 0.25) is 0 Å². The summed E-state index contributed by atoms with van der Waals surface area (Å²) in [4.78, 5) is 22.7. The molecule has 0 unspecified atom stereocenters. The van der Waals surface area contributed by atoms with E-state index in [0.717, 1.165) is 67.3 Å². The standard InChI is InChI=1S/C24H30N4O.2ClH/c1-17-6-5-7-21(15-17)27-12-10-26(11-13-27)9-8-22-20(4)25-23-16-18(2)14-19(3)28(23)24(22)29;;/h5-7,14-16H,8-13H2,1-4H3;2*1H. The predicted octanol–water partition coefficient (Wildman–Crippen LogP) is 4.14. The fraction of sp³-hybridized carbons (Fsp3) is 0.417. The zero-order valence-corrected chi connectivity index (χ0v) is 20.4. The summed E-state index contributed by atoms with van der Waals surface area (Å²) in [7, 11) is 0. The number of nitrogens with zero attached hydrogens (tertiary/aromatic N) is 4. The third-order valence-corrected chi connectivity index (χ3v) is 5.97. The summed E-state index contributed by atoms with van der Waals surface area (Å²) in [5.41, 5.74) is 7.23. The lowest BCUT2D eigenvalue weighted by molar-refractivity contribution is 0.260. The van der Waals surface area contributed by atoms with Gasteiger partial charge in [-0.3, -0.25) is 14.1 Å². The van der Waals surface area contributed by atoms with Crippen LogP contribution in [-0.2, 0) is 6.42 Å². The van der Waals surface area contributed by atoms with E-state index in [0.29, 0.717) is 0 Å². The van der Waals surface area contributed by atoms with Gasteiger partial charge in [-0.25, -0.2) is 4.98 Å². The fourth-order valence-corrected chi connectivity index (χ4v) is 4.37. The van der Waals surface area contributed by atoms with Crippen LogP contribution < -0.4 is 10.5 Å². The molecular formula is C24H32Cl2N4O. The highest BCUT2D eigenvalue weighted by Crippen LogP contribution is 2.18. The van der Waals surface area contributed by atoms with Gasteiger partial charge in [0.25, 0.3) is 5.56 Å². The normalized spacial score (nSPS) is 14.3. The van der Waals surface area contributed by atoms with E-state index in [-0.39, 0.29) is 30.4 Å². The van der Waals surface area contributed by atoms with Gasteiger partial charge in [0, 0.05) is 55.4 Å². The van der Waals surface area contributed by atoms with Crippen LogP contribution in [0.5, 0.6) is 0 Å². The van der Waals surface area contributed by atoms with Crippen molar-refractivity contribution in [3.8, 4) is 0 Å². The number of benzene rings is 1. The highest BCUT2D eigenvalue weighted by Gasteiger charge is 2.19. The number of anilines is 1. The zero-order chi connectivity index (χ0) is 20.5. The number of aromatic nitrogens is 2. The molecule has 1 saturated heterocycles. The van der Waals surface area contributed by atoms with Crippen LogP contribution in [0.25, 0.3) is 5.65 Å². The lowest BCUT2D eigenvalue weighted by Crippen LogP contribution is -2.47. The number of hydrogen-bond donors (Lipinski definition) is 0. The number of hydrogen-bond acceptors (Lipinski definition) is 4. The smallest absolute Gasteiger partial charge is 0.261 e. The molecule has 0 spiro atoms. The Morgan fingerprint density at radius 2 is 1.61 bits per heavy atom. The second-order valence-corrected chi connectivity index (χ2v) is 8.27. The quantitative estimate of drug-likeness (QED) is 0.584. The molecule has 0 saturated carbocycles. The Morgan fingerprint density at radius 3 is 2.29 bits per heavy atom. The molecule has 3 heterocycles. The van der Waals surface area contributed by atoms with E-state index in [1.165, 1.54) is 11.3 Å². The number of halogens is 2. The largest absolute Gasteiger partial charge is 0.369 e. The molecule has 0 aliphatic carbocycles. The van der Waals surface area contributed by atoms with E-state index in [2.05, 4.69) is 41.0 Å². The lowest BCUT2D eigenvalue weighted by Gasteiger charge is -2.36. The lowest BCUT2D eigenvalue weighted by atomic mass is 10.1. The van der Waals surface area contributed by atoms with Crippen molar-refractivity contribution in [2.45, 2.75) is 34.1 Å². The van der Waals surface area contributed by atoms with Crippen LogP contribution >= 0.6 is 24.8 Å². The van der Waals surface area contributed by atoms with Gasteiger partial charge in [0.05, 0.1) is 0 Å². The molecule has 7 heteroatoms. The van der Waals surface area contributed by atoms with E-state index < -0.39 is 0 Å². The van der Waals surface area contributed by atoms with Crippen LogP contribution in [-0.4, -0.2) is 47.0 Å². The van der Waals surface area contributed by atoms with Gasteiger partial charge >= 0.3 is 0 Å². The minimum Gasteiger partial charge on any atom is -0.369 e. The predicted molar refractivity (Wildman–Crippen MR) is 134 cm³/mol. The third-order valence-electron chi connectivity index (χ3n) is 5.97. The molecule has 168 valence electrons. The average molecular weight is 463 g/mol. The average Bonchev–Trinajstić information content (AvgIpc) is 2.67. The topological polar surface area (TPSA) is 40.9 Å². The SMILES string of the molecule is Cc1cccc(N2CCN(CCc3c(C)nc4cc(C)cc(C)n4c3=O)CC2)c1.Cl.Cl. The zero-order valence-electron chi connectivity index (χ0n) is 18.7. The second kappa shape index (κ2) is 10.5. The van der Waals surface area contributed by atoms with Crippen molar-refractivity contribution >= 4 is 36.1 Å². The van der Waals surface area contributed by atoms with Gasteiger partial charge in [0.1, 0.15) is 5.65 Å². The number of fused-ring (bicyclic) bond motifs is 1. The molecule has 31 heavy (non-hydrogen) atoms. The molecular weight excluding hydrogens is 431 g/mol. The van der Waals surface area contributed by atoms with Crippen LogP contribution in [0.3, 0.4) is 0 Å². The second-order valence-electron chi connectivity index (χ2n) is 8.27. The van der Waals surface area contributed by atoms with Gasteiger partial charge in [-0.05, 0) is 69.5 Å². The summed E-state index contributed by atoms with van der Waals surface area (Å²) in [6.07, 6.45) is 0.748. The van der Waals surface area contributed by atoms with Gasteiger partial charge in [0.2, 0.25) is 0 Å². The van der Waals surface area contributed by atoms with Gasteiger partial charge in [-0.1, -0.05) is 12.1 Å². The van der Waals surface area contributed by atoms with Crippen molar-refractivity contribution in [3.05, 3.63) is 74.8 Å². The summed E-state index contributed by atoms with van der Waals surface area (Å²) < 4.78 is 1.75. The molecule has 0 bridgehead atoms. The van der Waals surface area contributed by atoms with E-state index in [1.54, 1.807) is 4.40 Å². The van der Waals surface area contributed by atoms with Crippen molar-refractivity contribution < 1.29 is 0 Å². The third kappa shape index (κ3) is 5.40. The van der Waals surface area contributed by atoms with Gasteiger partial charge in [-0.15, -0.1) is 24.8 Å². The molecule has 0 radical (unpaired) electrons. The highest BCUT2D eigenvalue weighted by atomic mass is 35.5. The van der Waals surface area contributed by atoms with Crippen molar-refractivity contribution in [2.75, 3.05) is 37.6 Å². The Morgan fingerprint density at radius 1 is 0.903 bits per heavy atom. The minimum atomic E-state index is 0. The number of piperazine rings is 1. The molecule has 2 aromatic heterocycles. The van der Waals surface area contributed by atoms with Crippen LogP contribution in [0.4, 0.5) is 5.69 Å². The van der Waals surface area contributed by atoms with E-state index >= 15 is 0 Å². The Balaban J connectivity index is 0.00000171. The summed E-state index contributed by atoms with van der Waals surface area (Å²) in [6.45, 7) is 13.1. The Labute approximate surface area is 196 Å². The molecule has 3 aromatic rings. The van der Waals surface area contributed by atoms with E-state index in [4.69, 9.17) is 4.98 Å². The molecule has 1 aliphatic rings. The first-order valence-electron chi connectivity index (χ1n) is 10.5. The summed E-state index contributed by atoms with van der Waals surface area (Å²) in [5, 5.41) is 0. The molecule has 0 atom stereocenters. The number of aryl methyl sites for hydroxylation is 4. The minimum absolute atomic E-state index is 0. The first-order valence-corrected chi connectivity index (χ1v) is 10.5. The first-order chi connectivity index (χ1) is 13.9. The first kappa shape index (κ1) is 25.2. The maximum Gasteiger partial charge on any atom is 0.261 e. The Hall–Kier alpha value is -2.08. The number of rotatable bonds is 4. The van der Waals surface area contributed by atoms with Crippen molar-refractivity contribution in [2.24, 2.45) is 0 Å². The van der Waals surface area contributed by atoms with Crippen molar-refractivity contribution in [1.29, 1.82) is 0 Å². The maximum absolute atomic E-state index is 13.1. The van der Waals surface area contributed by atoms with E-state index in [9.17, 15) is 4.79 Å². The van der Waals surface area contributed by atoms with Gasteiger partial charge in [-0.2, -0.15) is 0 Å². The van der Waals surface area contributed by atoms with E-state index in [1.807, 2.05) is 32.9 Å². The summed E-state index contributed by atoms with van der Waals surface area (Å²) >= 11 is 0. The van der Waals surface area contributed by atoms with Gasteiger partial charge < -0.3 is 4.90 Å². The molecule has 5 nitrogen and oxygen atoms in total. The monoisotopic (exact) mass is 462 g/mol. The fourth-order valence-electron chi connectivity index (χ4n) is 4.37. The maximum atomic E-state index is 13.1. The molecule has 1 aliphatic heterocycles. The van der Waals surface area contributed by atoms with Crippen molar-refractivity contribution in [1.82, 2.24) is 14.3 Å². The molecule has 0 N–H and O–H groups in total. The molecule has 1 aromatic carbocycles. The van der Waals surface area contributed by atoms with Crippen molar-refractivity contribution in [3.63, 3.8) is 0 Å². The summed E-state index contributed by atoms with van der Waals surface area (Å²) in [6, 6.07) is 12.7. The Kier molecular flexibility index (Phi) is 8.52. The van der Waals surface area contributed by atoms with Crippen LogP contribution in [0.15, 0.2) is 41.2 Å². The summed E-state index contributed by atoms with van der Waals surface area (Å²) in [5.74, 6) is 0. The number of pyridine rings is 1. The molecule has 1 fully saturated rings. The van der Waals surface area contributed by atoms with Gasteiger partial charge in [0.15, 0.2) is 0 Å².